The molecule has 0 aliphatic carbocycles. The molecule has 0 atom stereocenters. The lowest BCUT2D eigenvalue weighted by molar-refractivity contribution is -0.115. The Hall–Kier alpha value is -1.87. The van der Waals surface area contributed by atoms with Crippen LogP contribution < -0.4 is 10.0 Å². The van der Waals surface area contributed by atoms with Gasteiger partial charge in [-0.15, -0.1) is 0 Å². The second-order valence-electron chi connectivity index (χ2n) is 4.26. The third-order valence-electron chi connectivity index (χ3n) is 2.82. The first-order chi connectivity index (χ1) is 9.45. The monoisotopic (exact) mass is 356 g/mol. The number of rotatable bonds is 3. The highest BCUT2D eigenvalue weighted by atomic mass is 79.9. The zero-order valence-corrected chi connectivity index (χ0v) is 12.4. The van der Waals surface area contributed by atoms with Crippen LogP contribution in [0, 0.1) is 0 Å². The van der Waals surface area contributed by atoms with Gasteiger partial charge in [-0.2, -0.15) is 5.10 Å². The highest BCUT2D eigenvalue weighted by molar-refractivity contribution is 9.10. The molecule has 1 aromatic heterocycles. The van der Waals surface area contributed by atoms with Gasteiger partial charge in [-0.1, -0.05) is 0 Å². The zero-order valence-electron chi connectivity index (χ0n) is 9.97. The van der Waals surface area contributed by atoms with E-state index in [4.69, 9.17) is 0 Å². The lowest BCUT2D eigenvalue weighted by atomic mass is 10.2. The molecular formula is C11H9BrN4O3S. The molecule has 3 rings (SSSR count). The number of carbonyl (C=O) groups is 1. The Morgan fingerprint density at radius 3 is 2.85 bits per heavy atom. The van der Waals surface area contributed by atoms with E-state index in [9.17, 15) is 13.2 Å². The van der Waals surface area contributed by atoms with Gasteiger partial charge in [-0.3, -0.25) is 14.6 Å². The summed E-state index contributed by atoms with van der Waals surface area (Å²) in [4.78, 5) is 11.4. The van der Waals surface area contributed by atoms with Gasteiger partial charge >= 0.3 is 0 Å². The van der Waals surface area contributed by atoms with Gasteiger partial charge in [0.05, 0.1) is 18.3 Å². The number of aromatic nitrogens is 2. The second-order valence-corrected chi connectivity index (χ2v) is 6.76. The Labute approximate surface area is 122 Å². The van der Waals surface area contributed by atoms with Gasteiger partial charge in [0, 0.05) is 16.4 Å². The van der Waals surface area contributed by atoms with Crippen molar-refractivity contribution in [2.45, 2.75) is 11.3 Å². The Balaban J connectivity index is 2.02. The van der Waals surface area contributed by atoms with E-state index in [2.05, 4.69) is 36.2 Å². The van der Waals surface area contributed by atoms with Crippen LogP contribution in [0.15, 0.2) is 33.9 Å². The number of fused-ring (bicyclic) bond motifs is 1. The molecule has 104 valence electrons. The summed E-state index contributed by atoms with van der Waals surface area (Å²) in [7, 11) is -3.75. The molecule has 0 fully saturated rings. The number of sulfonamides is 1. The van der Waals surface area contributed by atoms with Crippen molar-refractivity contribution in [3.63, 3.8) is 0 Å². The second kappa shape index (κ2) is 4.60. The van der Waals surface area contributed by atoms with Crippen LogP contribution in [-0.4, -0.2) is 24.5 Å². The molecule has 1 aliphatic heterocycles. The van der Waals surface area contributed by atoms with Crippen LogP contribution in [0.4, 0.5) is 11.4 Å². The maximum Gasteiger partial charge on any atom is 0.263 e. The van der Waals surface area contributed by atoms with Crippen molar-refractivity contribution in [3.05, 3.63) is 34.6 Å². The largest absolute Gasteiger partial charge is 0.325 e. The lowest BCUT2D eigenvalue weighted by Crippen LogP contribution is -2.13. The summed E-state index contributed by atoms with van der Waals surface area (Å²) < 4.78 is 27.4. The van der Waals surface area contributed by atoms with Gasteiger partial charge in [-0.05, 0) is 33.6 Å². The highest BCUT2D eigenvalue weighted by Gasteiger charge is 2.25. The van der Waals surface area contributed by atoms with E-state index in [0.717, 1.165) is 0 Å². The number of carbonyl (C=O) groups excluding carboxylic acids is 1. The van der Waals surface area contributed by atoms with Crippen LogP contribution in [0.2, 0.25) is 0 Å². The summed E-state index contributed by atoms with van der Waals surface area (Å²) in [6.45, 7) is 0. The SMILES string of the molecule is O=C1Cc2cc(S(=O)(=O)Nc3cn[nH]c3)c(Br)cc2N1. The average molecular weight is 357 g/mol. The number of nitrogens with zero attached hydrogens (tertiary/aromatic N) is 1. The van der Waals surface area contributed by atoms with Gasteiger partial charge in [-0.25, -0.2) is 8.42 Å². The molecular weight excluding hydrogens is 348 g/mol. The van der Waals surface area contributed by atoms with Crippen LogP contribution in [-0.2, 0) is 21.2 Å². The minimum atomic E-state index is -3.75. The summed E-state index contributed by atoms with van der Waals surface area (Å²) >= 11 is 3.22. The first kappa shape index (κ1) is 13.1. The molecule has 7 nitrogen and oxygen atoms in total. The van der Waals surface area contributed by atoms with Gasteiger partial charge in [0.2, 0.25) is 5.91 Å². The minimum absolute atomic E-state index is 0.0777. The Morgan fingerprint density at radius 2 is 2.15 bits per heavy atom. The first-order valence-corrected chi connectivity index (χ1v) is 7.87. The third-order valence-corrected chi connectivity index (χ3v) is 5.16. The van der Waals surface area contributed by atoms with Crippen molar-refractivity contribution in [1.29, 1.82) is 0 Å². The fraction of sp³-hybridized carbons (Fsp3) is 0.0909. The number of benzene rings is 1. The topological polar surface area (TPSA) is 104 Å². The molecule has 20 heavy (non-hydrogen) atoms. The molecule has 1 amide bonds. The number of nitrogens with one attached hydrogen (secondary N) is 3. The van der Waals surface area contributed by atoms with Crippen molar-refractivity contribution < 1.29 is 13.2 Å². The Bertz CT molecular complexity index is 786. The van der Waals surface area contributed by atoms with Gasteiger partial charge in [0.25, 0.3) is 10.0 Å². The van der Waals surface area contributed by atoms with Gasteiger partial charge in [0.15, 0.2) is 0 Å². The normalized spacial score (nSPS) is 13.9. The van der Waals surface area contributed by atoms with E-state index < -0.39 is 10.0 Å². The van der Waals surface area contributed by atoms with Crippen LogP contribution >= 0.6 is 15.9 Å². The standard InChI is InChI=1S/C11H9BrN4O3S/c12-8-3-9-6(2-11(17)15-9)1-10(8)20(18,19)16-7-4-13-14-5-7/h1,3-5,16H,2H2,(H,13,14)(H,15,17). The lowest BCUT2D eigenvalue weighted by Gasteiger charge is -2.09. The van der Waals surface area contributed by atoms with E-state index >= 15 is 0 Å². The maximum atomic E-state index is 12.3. The predicted molar refractivity (Wildman–Crippen MR) is 75.9 cm³/mol. The first-order valence-electron chi connectivity index (χ1n) is 5.59. The van der Waals surface area contributed by atoms with E-state index in [1.54, 1.807) is 6.07 Å². The van der Waals surface area contributed by atoms with Crippen LogP contribution in [0.3, 0.4) is 0 Å². The zero-order chi connectivity index (χ0) is 14.3. The Morgan fingerprint density at radius 1 is 1.35 bits per heavy atom. The fourth-order valence-electron chi connectivity index (χ4n) is 1.95. The molecule has 0 bridgehead atoms. The number of halogens is 1. The molecule has 2 aromatic rings. The van der Waals surface area contributed by atoms with Crippen molar-refractivity contribution >= 4 is 43.2 Å². The van der Waals surface area contributed by atoms with Crippen LogP contribution in [0.25, 0.3) is 0 Å². The van der Waals surface area contributed by atoms with E-state index in [1.807, 2.05) is 0 Å². The average Bonchev–Trinajstić information content (AvgIpc) is 2.95. The van der Waals surface area contributed by atoms with E-state index in [-0.39, 0.29) is 17.2 Å². The van der Waals surface area contributed by atoms with Crippen molar-refractivity contribution in [2.24, 2.45) is 0 Å². The Kier molecular flexibility index (Phi) is 3.02. The molecule has 1 aromatic carbocycles. The molecule has 0 radical (unpaired) electrons. The number of H-pyrrole nitrogens is 1. The van der Waals surface area contributed by atoms with Gasteiger partial charge < -0.3 is 5.32 Å². The quantitative estimate of drug-likeness (QED) is 0.774. The summed E-state index contributed by atoms with van der Waals surface area (Å²) in [6.07, 6.45) is 2.98. The minimum Gasteiger partial charge on any atom is -0.325 e. The number of amides is 1. The highest BCUT2D eigenvalue weighted by Crippen LogP contribution is 2.33. The molecule has 0 saturated heterocycles. The predicted octanol–water partition coefficient (Wildman–Crippen LogP) is 1.47. The summed E-state index contributed by atoms with van der Waals surface area (Å²) in [6, 6.07) is 3.07. The smallest absolute Gasteiger partial charge is 0.263 e. The number of aromatic amines is 1. The molecule has 3 N–H and O–H groups in total. The molecule has 1 aliphatic rings. The molecule has 9 heteroatoms. The molecule has 2 heterocycles. The fourth-order valence-corrected chi connectivity index (χ4v) is 4.08. The number of anilines is 2. The van der Waals surface area contributed by atoms with E-state index in [0.29, 0.717) is 21.4 Å². The van der Waals surface area contributed by atoms with Crippen LogP contribution in [0.1, 0.15) is 5.56 Å². The summed E-state index contributed by atoms with van der Waals surface area (Å²) in [5.41, 5.74) is 1.63. The summed E-state index contributed by atoms with van der Waals surface area (Å²) in [5, 5.41) is 8.86. The van der Waals surface area contributed by atoms with Crippen molar-refractivity contribution in [2.75, 3.05) is 10.0 Å². The maximum absolute atomic E-state index is 12.3. The number of hydrogen-bond acceptors (Lipinski definition) is 4. The van der Waals surface area contributed by atoms with Crippen LogP contribution in [0.5, 0.6) is 0 Å². The molecule has 0 spiro atoms. The van der Waals surface area contributed by atoms with Crippen molar-refractivity contribution in [1.82, 2.24) is 10.2 Å². The molecule has 0 unspecified atom stereocenters. The number of hydrogen-bond donors (Lipinski definition) is 3. The summed E-state index contributed by atoms with van der Waals surface area (Å²) in [5.74, 6) is -0.149. The van der Waals surface area contributed by atoms with Crippen molar-refractivity contribution in [3.8, 4) is 0 Å². The van der Waals surface area contributed by atoms with Gasteiger partial charge in [0.1, 0.15) is 4.90 Å². The third kappa shape index (κ3) is 2.29. The molecule has 0 saturated carbocycles. The van der Waals surface area contributed by atoms with E-state index in [1.165, 1.54) is 18.5 Å².